The van der Waals surface area contributed by atoms with Crippen molar-refractivity contribution in [2.75, 3.05) is 40.5 Å². The van der Waals surface area contributed by atoms with Crippen LogP contribution in [0.15, 0.2) is 18.3 Å². The summed E-state index contributed by atoms with van der Waals surface area (Å²) in [5.41, 5.74) is 1.56. The zero-order valence-electron chi connectivity index (χ0n) is 11.6. The smallest absolute Gasteiger partial charge is 0.140 e. The average Bonchev–Trinajstić information content (AvgIpc) is 2.45. The second kappa shape index (κ2) is 9.45. The SMILES string of the molecule is COCCCN(CCOC)Cc1ccnc(C#N)c1. The monoisotopic (exact) mass is 263 g/mol. The fraction of sp³-hybridized carbons (Fsp3) is 0.571. The number of methoxy groups -OCH3 is 2. The summed E-state index contributed by atoms with van der Waals surface area (Å²) in [7, 11) is 3.41. The van der Waals surface area contributed by atoms with Crippen LogP contribution in [0.25, 0.3) is 0 Å². The number of nitrogens with zero attached hydrogens (tertiary/aromatic N) is 3. The number of aromatic nitrogens is 1. The van der Waals surface area contributed by atoms with Gasteiger partial charge in [-0.3, -0.25) is 4.90 Å². The Hall–Kier alpha value is -1.48. The predicted octanol–water partition coefficient (Wildman–Crippen LogP) is 1.44. The first-order valence-corrected chi connectivity index (χ1v) is 6.35. The summed E-state index contributed by atoms with van der Waals surface area (Å²) in [6.45, 7) is 4.06. The topological polar surface area (TPSA) is 58.4 Å². The lowest BCUT2D eigenvalue weighted by Crippen LogP contribution is -2.28. The van der Waals surface area contributed by atoms with E-state index in [0.717, 1.165) is 38.2 Å². The highest BCUT2D eigenvalue weighted by molar-refractivity contribution is 5.25. The third-order valence-corrected chi connectivity index (χ3v) is 2.78. The van der Waals surface area contributed by atoms with E-state index in [9.17, 15) is 0 Å². The largest absolute Gasteiger partial charge is 0.385 e. The maximum absolute atomic E-state index is 8.85. The summed E-state index contributed by atoms with van der Waals surface area (Å²) in [6, 6.07) is 5.83. The lowest BCUT2D eigenvalue weighted by atomic mass is 10.2. The van der Waals surface area contributed by atoms with Gasteiger partial charge in [0.25, 0.3) is 0 Å². The fourth-order valence-electron chi connectivity index (χ4n) is 1.81. The number of hydrogen-bond donors (Lipinski definition) is 0. The van der Waals surface area contributed by atoms with E-state index in [-0.39, 0.29) is 0 Å². The highest BCUT2D eigenvalue weighted by atomic mass is 16.5. The standard InChI is InChI=1S/C14H21N3O2/c1-18-8-3-6-17(7-9-19-2)12-13-4-5-16-14(10-13)11-15/h4-5,10H,3,6-9,12H2,1-2H3. The summed E-state index contributed by atoms with van der Waals surface area (Å²) < 4.78 is 10.2. The molecule has 0 radical (unpaired) electrons. The molecule has 0 aliphatic rings. The van der Waals surface area contributed by atoms with Gasteiger partial charge in [0.15, 0.2) is 0 Å². The van der Waals surface area contributed by atoms with E-state index in [2.05, 4.69) is 16.0 Å². The van der Waals surface area contributed by atoms with Crippen LogP contribution in [0.2, 0.25) is 0 Å². The molecule has 1 aromatic heterocycles. The van der Waals surface area contributed by atoms with Gasteiger partial charge in [0, 0.05) is 46.7 Å². The Balaban J connectivity index is 2.56. The van der Waals surface area contributed by atoms with Crippen LogP contribution in [0.1, 0.15) is 17.7 Å². The molecule has 0 atom stereocenters. The lowest BCUT2D eigenvalue weighted by molar-refractivity contribution is 0.129. The van der Waals surface area contributed by atoms with Gasteiger partial charge in [0.05, 0.1) is 6.61 Å². The molecule has 1 rings (SSSR count). The number of rotatable bonds is 9. The molecular weight excluding hydrogens is 242 g/mol. The minimum atomic E-state index is 0.459. The van der Waals surface area contributed by atoms with Gasteiger partial charge in [0.1, 0.15) is 11.8 Å². The van der Waals surface area contributed by atoms with Crippen molar-refractivity contribution in [1.82, 2.24) is 9.88 Å². The minimum Gasteiger partial charge on any atom is -0.385 e. The maximum Gasteiger partial charge on any atom is 0.140 e. The Bertz CT molecular complexity index is 404. The molecule has 1 aromatic rings. The number of nitriles is 1. The Labute approximate surface area is 114 Å². The fourth-order valence-corrected chi connectivity index (χ4v) is 1.81. The van der Waals surface area contributed by atoms with Crippen molar-refractivity contribution in [3.05, 3.63) is 29.6 Å². The Morgan fingerprint density at radius 2 is 2.05 bits per heavy atom. The molecule has 0 fully saturated rings. The second-order valence-corrected chi connectivity index (χ2v) is 4.28. The molecule has 0 spiro atoms. The van der Waals surface area contributed by atoms with Crippen molar-refractivity contribution in [2.24, 2.45) is 0 Å². The molecule has 0 unspecified atom stereocenters. The predicted molar refractivity (Wildman–Crippen MR) is 72.6 cm³/mol. The van der Waals surface area contributed by atoms with E-state index < -0.39 is 0 Å². The van der Waals surface area contributed by atoms with Gasteiger partial charge in [0.2, 0.25) is 0 Å². The van der Waals surface area contributed by atoms with Crippen LogP contribution in [-0.4, -0.2) is 50.4 Å². The molecule has 0 N–H and O–H groups in total. The first kappa shape index (κ1) is 15.6. The zero-order valence-corrected chi connectivity index (χ0v) is 11.6. The summed E-state index contributed by atoms with van der Waals surface area (Å²) >= 11 is 0. The highest BCUT2D eigenvalue weighted by Crippen LogP contribution is 2.06. The quantitative estimate of drug-likeness (QED) is 0.631. The van der Waals surface area contributed by atoms with Crippen LogP contribution in [0.5, 0.6) is 0 Å². The van der Waals surface area contributed by atoms with E-state index >= 15 is 0 Å². The van der Waals surface area contributed by atoms with Crippen LogP contribution >= 0.6 is 0 Å². The van der Waals surface area contributed by atoms with Gasteiger partial charge in [-0.05, 0) is 24.1 Å². The molecule has 0 aliphatic carbocycles. The van der Waals surface area contributed by atoms with Crippen LogP contribution < -0.4 is 0 Å². The summed E-state index contributed by atoms with van der Waals surface area (Å²) in [5.74, 6) is 0. The second-order valence-electron chi connectivity index (χ2n) is 4.28. The molecule has 104 valence electrons. The van der Waals surface area contributed by atoms with E-state index in [1.807, 2.05) is 12.1 Å². The van der Waals surface area contributed by atoms with Gasteiger partial charge in [-0.25, -0.2) is 4.98 Å². The first-order valence-electron chi connectivity index (χ1n) is 6.35. The molecule has 19 heavy (non-hydrogen) atoms. The number of pyridine rings is 1. The highest BCUT2D eigenvalue weighted by Gasteiger charge is 2.06. The van der Waals surface area contributed by atoms with Crippen LogP contribution in [0.3, 0.4) is 0 Å². The zero-order chi connectivity index (χ0) is 13.9. The van der Waals surface area contributed by atoms with Crippen molar-refractivity contribution in [3.8, 4) is 6.07 Å². The van der Waals surface area contributed by atoms with Crippen LogP contribution in [0, 0.1) is 11.3 Å². The van der Waals surface area contributed by atoms with Gasteiger partial charge in [-0.15, -0.1) is 0 Å². The van der Waals surface area contributed by atoms with Gasteiger partial charge < -0.3 is 9.47 Å². The third-order valence-electron chi connectivity index (χ3n) is 2.78. The van der Waals surface area contributed by atoms with Gasteiger partial charge in [-0.1, -0.05) is 0 Å². The normalized spacial score (nSPS) is 10.6. The lowest BCUT2D eigenvalue weighted by Gasteiger charge is -2.21. The van der Waals surface area contributed by atoms with Crippen molar-refractivity contribution in [1.29, 1.82) is 5.26 Å². The van der Waals surface area contributed by atoms with E-state index in [0.29, 0.717) is 12.3 Å². The Morgan fingerprint density at radius 1 is 1.26 bits per heavy atom. The molecule has 0 bridgehead atoms. The third kappa shape index (κ3) is 6.30. The molecular formula is C14H21N3O2. The molecule has 0 saturated carbocycles. The van der Waals surface area contributed by atoms with Crippen LogP contribution in [-0.2, 0) is 16.0 Å². The molecule has 1 heterocycles. The van der Waals surface area contributed by atoms with Crippen molar-refractivity contribution in [3.63, 3.8) is 0 Å². The summed E-state index contributed by atoms with van der Waals surface area (Å²) in [5, 5.41) is 8.85. The maximum atomic E-state index is 8.85. The minimum absolute atomic E-state index is 0.459. The number of ether oxygens (including phenoxy) is 2. The number of hydrogen-bond acceptors (Lipinski definition) is 5. The molecule has 0 aromatic carbocycles. The Kier molecular flexibility index (Phi) is 7.75. The summed E-state index contributed by atoms with van der Waals surface area (Å²) in [6.07, 6.45) is 2.66. The summed E-state index contributed by atoms with van der Waals surface area (Å²) in [4.78, 5) is 6.27. The first-order chi connectivity index (χ1) is 9.30. The molecule has 5 heteroatoms. The van der Waals surface area contributed by atoms with E-state index in [4.69, 9.17) is 14.7 Å². The van der Waals surface area contributed by atoms with Gasteiger partial charge >= 0.3 is 0 Å². The molecule has 0 aliphatic heterocycles. The molecule has 0 amide bonds. The Morgan fingerprint density at radius 3 is 2.74 bits per heavy atom. The average molecular weight is 263 g/mol. The molecule has 5 nitrogen and oxygen atoms in total. The van der Waals surface area contributed by atoms with Gasteiger partial charge in [-0.2, -0.15) is 5.26 Å². The van der Waals surface area contributed by atoms with Crippen molar-refractivity contribution in [2.45, 2.75) is 13.0 Å². The molecule has 0 saturated heterocycles. The van der Waals surface area contributed by atoms with E-state index in [1.54, 1.807) is 20.4 Å². The van der Waals surface area contributed by atoms with E-state index in [1.165, 1.54) is 0 Å². The van der Waals surface area contributed by atoms with Crippen molar-refractivity contribution >= 4 is 0 Å². The van der Waals surface area contributed by atoms with Crippen molar-refractivity contribution < 1.29 is 9.47 Å². The van der Waals surface area contributed by atoms with Crippen LogP contribution in [0.4, 0.5) is 0 Å².